The predicted molar refractivity (Wildman–Crippen MR) is 44.2 cm³/mol. The van der Waals surface area contributed by atoms with Crippen LogP contribution in [0.5, 0.6) is 0 Å². The Morgan fingerprint density at radius 2 is 2.36 bits per heavy atom. The van der Waals surface area contributed by atoms with E-state index in [1.54, 1.807) is 13.1 Å². The maximum absolute atomic E-state index is 9.18. The van der Waals surface area contributed by atoms with Crippen molar-refractivity contribution in [3.05, 3.63) is 29.6 Å². The zero-order valence-corrected chi connectivity index (χ0v) is 6.91. The summed E-state index contributed by atoms with van der Waals surface area (Å²) in [5.74, 6) is 0. The number of pyridine rings is 1. The molecule has 0 aromatic carbocycles. The van der Waals surface area contributed by atoms with E-state index < -0.39 is 6.10 Å². The van der Waals surface area contributed by atoms with Crippen LogP contribution in [0.15, 0.2) is 18.3 Å². The van der Waals surface area contributed by atoms with Crippen molar-refractivity contribution < 1.29 is 5.11 Å². The number of hydrogen-bond acceptors (Lipinski definition) is 2. The van der Waals surface area contributed by atoms with Gasteiger partial charge in [0.25, 0.3) is 0 Å². The van der Waals surface area contributed by atoms with Gasteiger partial charge in [-0.15, -0.1) is 0 Å². The molecule has 0 aliphatic heterocycles. The first kappa shape index (κ1) is 8.21. The molecule has 1 atom stereocenters. The van der Waals surface area contributed by atoms with Crippen molar-refractivity contribution in [2.45, 2.75) is 26.4 Å². The highest BCUT2D eigenvalue weighted by Gasteiger charge is 2.01. The Bertz CT molecular complexity index is 233. The normalized spacial score (nSPS) is 13.0. The maximum Gasteiger partial charge on any atom is 0.0931 e. The monoisotopic (exact) mass is 151 g/mol. The van der Waals surface area contributed by atoms with Crippen LogP contribution < -0.4 is 0 Å². The summed E-state index contributed by atoms with van der Waals surface area (Å²) in [4.78, 5) is 4.04. The second-order valence-corrected chi connectivity index (χ2v) is 2.62. The third-order valence-electron chi connectivity index (χ3n) is 1.68. The Morgan fingerprint density at radius 1 is 1.64 bits per heavy atom. The Morgan fingerprint density at radius 3 is 2.91 bits per heavy atom. The van der Waals surface area contributed by atoms with Gasteiger partial charge >= 0.3 is 0 Å². The van der Waals surface area contributed by atoms with Gasteiger partial charge in [0.05, 0.1) is 11.8 Å². The van der Waals surface area contributed by atoms with E-state index in [1.807, 2.05) is 12.1 Å². The van der Waals surface area contributed by atoms with E-state index in [1.165, 1.54) is 5.56 Å². The molecule has 0 amide bonds. The molecule has 1 aromatic heterocycles. The highest BCUT2D eigenvalue weighted by atomic mass is 16.3. The Labute approximate surface area is 66.9 Å². The third kappa shape index (κ3) is 2.02. The molecule has 0 saturated carbocycles. The molecular weight excluding hydrogens is 138 g/mol. The number of nitrogens with zero attached hydrogens (tertiary/aromatic N) is 1. The molecule has 0 aliphatic carbocycles. The van der Waals surface area contributed by atoms with Gasteiger partial charge in [0.2, 0.25) is 0 Å². The molecule has 1 aromatic rings. The van der Waals surface area contributed by atoms with E-state index in [4.69, 9.17) is 0 Å². The molecule has 1 rings (SSSR count). The van der Waals surface area contributed by atoms with Gasteiger partial charge in [0.15, 0.2) is 0 Å². The largest absolute Gasteiger partial charge is 0.387 e. The van der Waals surface area contributed by atoms with Crippen LogP contribution in [0.2, 0.25) is 0 Å². The summed E-state index contributed by atoms with van der Waals surface area (Å²) in [7, 11) is 0. The number of rotatable bonds is 2. The Balaban J connectivity index is 2.91. The van der Waals surface area contributed by atoms with Crippen LogP contribution >= 0.6 is 0 Å². The van der Waals surface area contributed by atoms with E-state index in [2.05, 4.69) is 11.9 Å². The van der Waals surface area contributed by atoms with Gasteiger partial charge in [-0.05, 0) is 31.0 Å². The lowest BCUT2D eigenvalue weighted by Crippen LogP contribution is -1.95. The van der Waals surface area contributed by atoms with Gasteiger partial charge in [-0.1, -0.05) is 6.92 Å². The van der Waals surface area contributed by atoms with Crippen molar-refractivity contribution in [2.75, 3.05) is 0 Å². The summed E-state index contributed by atoms with van der Waals surface area (Å²) in [5, 5.41) is 9.18. The summed E-state index contributed by atoms with van der Waals surface area (Å²) >= 11 is 0. The minimum atomic E-state index is -0.457. The number of aromatic nitrogens is 1. The fourth-order valence-corrected chi connectivity index (χ4v) is 0.943. The number of aliphatic hydroxyl groups is 1. The number of hydrogen-bond donors (Lipinski definition) is 1. The van der Waals surface area contributed by atoms with Crippen LogP contribution in [0.4, 0.5) is 0 Å². The molecule has 0 saturated heterocycles. The fraction of sp³-hybridized carbons (Fsp3) is 0.444. The molecule has 0 aliphatic rings. The predicted octanol–water partition coefficient (Wildman–Crippen LogP) is 1.70. The first-order valence-corrected chi connectivity index (χ1v) is 3.87. The van der Waals surface area contributed by atoms with Crippen molar-refractivity contribution in [1.29, 1.82) is 0 Å². The summed E-state index contributed by atoms with van der Waals surface area (Å²) in [5.41, 5.74) is 1.97. The zero-order valence-electron chi connectivity index (χ0n) is 6.91. The molecule has 0 spiro atoms. The van der Waals surface area contributed by atoms with E-state index >= 15 is 0 Å². The van der Waals surface area contributed by atoms with E-state index in [-0.39, 0.29) is 0 Å². The van der Waals surface area contributed by atoms with Crippen molar-refractivity contribution in [3.8, 4) is 0 Å². The van der Waals surface area contributed by atoms with Gasteiger partial charge in [0, 0.05) is 6.20 Å². The van der Waals surface area contributed by atoms with Crippen molar-refractivity contribution in [3.63, 3.8) is 0 Å². The first-order valence-electron chi connectivity index (χ1n) is 3.87. The molecule has 11 heavy (non-hydrogen) atoms. The van der Waals surface area contributed by atoms with Crippen LogP contribution in [0.1, 0.15) is 31.2 Å². The van der Waals surface area contributed by atoms with Gasteiger partial charge in [0.1, 0.15) is 0 Å². The average Bonchev–Trinajstić information content (AvgIpc) is 2.05. The standard InChI is InChI=1S/C9H13NO/c1-3-8-4-5-10-9(6-8)7(2)11/h4-7,11H,3H2,1-2H3. The van der Waals surface area contributed by atoms with Gasteiger partial charge in [-0.2, -0.15) is 0 Å². The Kier molecular flexibility index (Phi) is 2.60. The zero-order chi connectivity index (χ0) is 8.27. The van der Waals surface area contributed by atoms with E-state index in [9.17, 15) is 5.11 Å². The molecule has 60 valence electrons. The highest BCUT2D eigenvalue weighted by molar-refractivity contribution is 5.17. The third-order valence-corrected chi connectivity index (χ3v) is 1.68. The molecule has 1 unspecified atom stereocenters. The first-order chi connectivity index (χ1) is 5.24. The molecule has 2 heteroatoms. The SMILES string of the molecule is CCc1ccnc(C(C)O)c1. The fourth-order valence-electron chi connectivity index (χ4n) is 0.943. The lowest BCUT2D eigenvalue weighted by Gasteiger charge is -2.03. The lowest BCUT2D eigenvalue weighted by molar-refractivity contribution is 0.194. The summed E-state index contributed by atoms with van der Waals surface area (Å²) in [6.45, 7) is 3.81. The molecule has 0 fully saturated rings. The van der Waals surface area contributed by atoms with E-state index in [0.29, 0.717) is 0 Å². The maximum atomic E-state index is 9.18. The minimum absolute atomic E-state index is 0.457. The van der Waals surface area contributed by atoms with E-state index in [0.717, 1.165) is 12.1 Å². The van der Waals surface area contributed by atoms with Gasteiger partial charge in [-0.25, -0.2) is 0 Å². The topological polar surface area (TPSA) is 33.1 Å². The Hall–Kier alpha value is -0.890. The quantitative estimate of drug-likeness (QED) is 0.697. The van der Waals surface area contributed by atoms with Crippen LogP contribution in [-0.2, 0) is 6.42 Å². The van der Waals surface area contributed by atoms with Gasteiger partial charge in [-0.3, -0.25) is 4.98 Å². The summed E-state index contributed by atoms with van der Waals surface area (Å²) in [6, 6.07) is 3.90. The second-order valence-electron chi connectivity index (χ2n) is 2.62. The number of aliphatic hydroxyl groups excluding tert-OH is 1. The van der Waals surface area contributed by atoms with Crippen molar-refractivity contribution in [2.24, 2.45) is 0 Å². The minimum Gasteiger partial charge on any atom is -0.387 e. The molecule has 1 N–H and O–H groups in total. The summed E-state index contributed by atoms with van der Waals surface area (Å²) < 4.78 is 0. The molecule has 1 heterocycles. The van der Waals surface area contributed by atoms with Crippen LogP contribution in [-0.4, -0.2) is 10.1 Å². The van der Waals surface area contributed by atoms with Crippen LogP contribution in [0, 0.1) is 0 Å². The van der Waals surface area contributed by atoms with Gasteiger partial charge < -0.3 is 5.11 Å². The van der Waals surface area contributed by atoms with Crippen molar-refractivity contribution >= 4 is 0 Å². The highest BCUT2D eigenvalue weighted by Crippen LogP contribution is 2.10. The second kappa shape index (κ2) is 3.49. The van der Waals surface area contributed by atoms with Crippen LogP contribution in [0.3, 0.4) is 0 Å². The molecule has 0 bridgehead atoms. The molecule has 0 radical (unpaired) electrons. The van der Waals surface area contributed by atoms with Crippen molar-refractivity contribution in [1.82, 2.24) is 4.98 Å². The summed E-state index contributed by atoms with van der Waals surface area (Å²) in [6.07, 6.45) is 2.27. The average molecular weight is 151 g/mol. The molecular formula is C9H13NO. The smallest absolute Gasteiger partial charge is 0.0931 e. The number of aryl methyl sites for hydroxylation is 1. The lowest BCUT2D eigenvalue weighted by atomic mass is 10.1. The molecule has 2 nitrogen and oxygen atoms in total. The van der Waals surface area contributed by atoms with Crippen LogP contribution in [0.25, 0.3) is 0 Å².